The Kier molecular flexibility index (Phi) is 3.41. The molecule has 5 rings (SSSR count). The molecule has 2 fully saturated rings. The van der Waals surface area contributed by atoms with Gasteiger partial charge in [0.05, 0.1) is 11.7 Å². The average molecular weight is 328 g/mol. The Bertz CT molecular complexity index is 671. The molecule has 0 aromatic heterocycles. The number of ether oxygens (including phenoxy) is 1. The molecule has 0 bridgehead atoms. The van der Waals surface area contributed by atoms with Crippen molar-refractivity contribution in [2.45, 2.75) is 31.5 Å². The smallest absolute Gasteiger partial charge is 0.254 e. The van der Waals surface area contributed by atoms with E-state index in [-0.39, 0.29) is 5.91 Å². The van der Waals surface area contributed by atoms with E-state index in [1.165, 1.54) is 5.69 Å². The number of nitrogens with one attached hydrogen (secondary N) is 2. The van der Waals surface area contributed by atoms with Crippen LogP contribution in [0.5, 0.6) is 5.75 Å². The molecule has 2 saturated heterocycles. The quantitative estimate of drug-likeness (QED) is 0.789. The van der Waals surface area contributed by atoms with Gasteiger partial charge in [-0.3, -0.25) is 4.79 Å². The molecule has 128 valence electrons. The van der Waals surface area contributed by atoms with Gasteiger partial charge in [0.2, 0.25) is 0 Å². The Morgan fingerprint density at radius 1 is 1.08 bits per heavy atom. The molecule has 1 aromatic rings. The summed E-state index contributed by atoms with van der Waals surface area (Å²) in [4.78, 5) is 17.4. The minimum Gasteiger partial charge on any atom is -0.489 e. The van der Waals surface area contributed by atoms with Gasteiger partial charge in [0.1, 0.15) is 12.4 Å². The highest BCUT2D eigenvalue weighted by atomic mass is 16.5. The standard InChI is InChI=1S/C18H24N4O2/c23-18-15-7-17-16(21-5-4-20-9-14(21)11-24-17)6-12(15)10-22(18)13-2-1-3-19-8-13/h6-7,13-14,19-20H,1-5,8-11H2/t13-,14-/m1/s1. The van der Waals surface area contributed by atoms with E-state index in [0.717, 1.165) is 69.0 Å². The number of piperidine rings is 1. The van der Waals surface area contributed by atoms with Crippen molar-refractivity contribution in [1.29, 1.82) is 0 Å². The zero-order chi connectivity index (χ0) is 16.1. The van der Waals surface area contributed by atoms with Crippen LogP contribution in [0.15, 0.2) is 12.1 Å². The number of fused-ring (bicyclic) bond motifs is 4. The third kappa shape index (κ3) is 2.20. The SMILES string of the molecule is O=C1c2cc3c(cc2CN1[C@@H]1CCCNC1)N1CCNC[C@@H]1CO3. The van der Waals surface area contributed by atoms with Crippen LogP contribution in [0.2, 0.25) is 0 Å². The second-order valence-corrected chi connectivity index (χ2v) is 7.27. The van der Waals surface area contributed by atoms with Crippen LogP contribution < -0.4 is 20.3 Å². The summed E-state index contributed by atoms with van der Waals surface area (Å²) in [6.07, 6.45) is 2.25. The monoisotopic (exact) mass is 328 g/mol. The second-order valence-electron chi connectivity index (χ2n) is 7.27. The highest BCUT2D eigenvalue weighted by Crippen LogP contribution is 2.40. The molecule has 4 aliphatic rings. The molecule has 6 heteroatoms. The summed E-state index contributed by atoms with van der Waals surface area (Å²) in [7, 11) is 0. The molecule has 0 spiro atoms. The summed E-state index contributed by atoms with van der Waals surface area (Å²) in [6.45, 7) is 6.40. The Labute approximate surface area is 142 Å². The van der Waals surface area contributed by atoms with Crippen molar-refractivity contribution in [3.05, 3.63) is 23.3 Å². The molecule has 0 aliphatic carbocycles. The first kappa shape index (κ1) is 14.5. The van der Waals surface area contributed by atoms with Crippen molar-refractivity contribution in [3.63, 3.8) is 0 Å². The Hall–Kier alpha value is -1.79. The molecule has 2 N–H and O–H groups in total. The molecule has 24 heavy (non-hydrogen) atoms. The molecular weight excluding hydrogens is 304 g/mol. The fourth-order valence-electron chi connectivity index (χ4n) is 4.50. The summed E-state index contributed by atoms with van der Waals surface area (Å²) < 4.78 is 5.98. The van der Waals surface area contributed by atoms with Crippen LogP contribution in [-0.2, 0) is 6.54 Å². The lowest BCUT2D eigenvalue weighted by molar-refractivity contribution is 0.0674. The number of carbonyl (C=O) groups excluding carboxylic acids is 1. The van der Waals surface area contributed by atoms with Crippen LogP contribution in [0.1, 0.15) is 28.8 Å². The van der Waals surface area contributed by atoms with Crippen LogP contribution >= 0.6 is 0 Å². The Morgan fingerprint density at radius 2 is 1.96 bits per heavy atom. The summed E-state index contributed by atoms with van der Waals surface area (Å²) in [6, 6.07) is 4.92. The molecule has 2 atom stereocenters. The lowest BCUT2D eigenvalue weighted by Crippen LogP contribution is -2.55. The Balaban J connectivity index is 1.47. The molecule has 0 radical (unpaired) electrons. The van der Waals surface area contributed by atoms with Gasteiger partial charge in [-0.2, -0.15) is 0 Å². The molecule has 1 aromatic carbocycles. The summed E-state index contributed by atoms with van der Waals surface area (Å²) in [5.74, 6) is 1.05. The number of rotatable bonds is 1. The lowest BCUT2D eigenvalue weighted by atomic mass is 10.0. The van der Waals surface area contributed by atoms with Crippen molar-refractivity contribution >= 4 is 11.6 Å². The number of hydrogen-bond acceptors (Lipinski definition) is 5. The van der Waals surface area contributed by atoms with E-state index in [9.17, 15) is 4.79 Å². The Morgan fingerprint density at radius 3 is 2.83 bits per heavy atom. The predicted molar refractivity (Wildman–Crippen MR) is 91.7 cm³/mol. The lowest BCUT2D eigenvalue weighted by Gasteiger charge is -2.42. The van der Waals surface area contributed by atoms with E-state index < -0.39 is 0 Å². The fraction of sp³-hybridized carbons (Fsp3) is 0.611. The largest absolute Gasteiger partial charge is 0.489 e. The predicted octanol–water partition coefficient (Wildman–Crippen LogP) is 0.565. The van der Waals surface area contributed by atoms with Crippen molar-refractivity contribution < 1.29 is 9.53 Å². The number of nitrogens with zero attached hydrogens (tertiary/aromatic N) is 2. The van der Waals surface area contributed by atoms with E-state index in [1.54, 1.807) is 0 Å². The summed E-state index contributed by atoms with van der Waals surface area (Å²) in [5.41, 5.74) is 3.17. The molecule has 4 heterocycles. The first-order valence-corrected chi connectivity index (χ1v) is 9.10. The zero-order valence-electron chi connectivity index (χ0n) is 13.9. The number of carbonyl (C=O) groups is 1. The van der Waals surface area contributed by atoms with Crippen molar-refractivity contribution in [1.82, 2.24) is 15.5 Å². The van der Waals surface area contributed by atoms with E-state index in [4.69, 9.17) is 4.74 Å². The van der Waals surface area contributed by atoms with Gasteiger partial charge in [0.15, 0.2) is 0 Å². The van der Waals surface area contributed by atoms with Crippen LogP contribution in [0.4, 0.5) is 5.69 Å². The molecular formula is C18H24N4O2. The van der Waals surface area contributed by atoms with E-state index in [0.29, 0.717) is 18.7 Å². The number of piperazine rings is 1. The number of benzene rings is 1. The first-order chi connectivity index (χ1) is 11.8. The fourth-order valence-corrected chi connectivity index (χ4v) is 4.50. The van der Waals surface area contributed by atoms with E-state index >= 15 is 0 Å². The molecule has 0 saturated carbocycles. The summed E-state index contributed by atoms with van der Waals surface area (Å²) in [5, 5.41) is 6.85. The van der Waals surface area contributed by atoms with Gasteiger partial charge in [-0.05, 0) is 37.1 Å². The number of anilines is 1. The van der Waals surface area contributed by atoms with Gasteiger partial charge in [0.25, 0.3) is 5.91 Å². The molecule has 1 amide bonds. The minimum absolute atomic E-state index is 0.174. The van der Waals surface area contributed by atoms with Crippen LogP contribution in [-0.4, -0.2) is 62.2 Å². The topological polar surface area (TPSA) is 56.8 Å². The van der Waals surface area contributed by atoms with Crippen molar-refractivity contribution in [2.75, 3.05) is 44.2 Å². The number of hydrogen-bond donors (Lipinski definition) is 2. The van der Waals surface area contributed by atoms with Gasteiger partial charge in [-0.1, -0.05) is 0 Å². The second kappa shape index (κ2) is 5.63. The highest BCUT2D eigenvalue weighted by Gasteiger charge is 2.37. The van der Waals surface area contributed by atoms with E-state index in [2.05, 4.69) is 26.5 Å². The van der Waals surface area contributed by atoms with Gasteiger partial charge >= 0.3 is 0 Å². The van der Waals surface area contributed by atoms with Gasteiger partial charge in [-0.15, -0.1) is 0 Å². The summed E-state index contributed by atoms with van der Waals surface area (Å²) >= 11 is 0. The maximum atomic E-state index is 12.9. The van der Waals surface area contributed by atoms with Crippen LogP contribution in [0.25, 0.3) is 0 Å². The molecule has 0 unspecified atom stereocenters. The average Bonchev–Trinajstić information content (AvgIpc) is 2.97. The maximum absolute atomic E-state index is 12.9. The molecule has 6 nitrogen and oxygen atoms in total. The maximum Gasteiger partial charge on any atom is 0.254 e. The van der Waals surface area contributed by atoms with Gasteiger partial charge < -0.3 is 25.2 Å². The van der Waals surface area contributed by atoms with Crippen molar-refractivity contribution in [2.24, 2.45) is 0 Å². The number of amides is 1. The third-order valence-electron chi connectivity index (χ3n) is 5.82. The highest BCUT2D eigenvalue weighted by molar-refractivity contribution is 6.00. The van der Waals surface area contributed by atoms with Gasteiger partial charge in [0, 0.05) is 44.3 Å². The zero-order valence-corrected chi connectivity index (χ0v) is 13.9. The minimum atomic E-state index is 0.174. The van der Waals surface area contributed by atoms with Crippen LogP contribution in [0, 0.1) is 0 Å². The van der Waals surface area contributed by atoms with E-state index in [1.807, 2.05) is 6.07 Å². The first-order valence-electron chi connectivity index (χ1n) is 9.10. The van der Waals surface area contributed by atoms with Crippen LogP contribution in [0.3, 0.4) is 0 Å². The van der Waals surface area contributed by atoms with Crippen molar-refractivity contribution in [3.8, 4) is 5.75 Å². The molecule has 4 aliphatic heterocycles. The van der Waals surface area contributed by atoms with Gasteiger partial charge in [-0.25, -0.2) is 0 Å². The normalized spacial score (nSPS) is 28.9. The third-order valence-corrected chi connectivity index (χ3v) is 5.82.